The highest BCUT2D eigenvalue weighted by Crippen LogP contribution is 2.54. The Kier molecular flexibility index (Phi) is 6.81. The van der Waals surface area contributed by atoms with E-state index >= 15 is 0 Å². The molecule has 0 saturated carbocycles. The van der Waals surface area contributed by atoms with E-state index in [0.717, 1.165) is 22.5 Å². The van der Waals surface area contributed by atoms with Crippen molar-refractivity contribution in [2.75, 3.05) is 16.8 Å². The van der Waals surface area contributed by atoms with Gasteiger partial charge < -0.3 is 15.0 Å². The molecule has 3 amide bonds. The van der Waals surface area contributed by atoms with Crippen molar-refractivity contribution in [1.29, 1.82) is 0 Å². The van der Waals surface area contributed by atoms with Gasteiger partial charge in [0.25, 0.3) is 5.91 Å². The summed E-state index contributed by atoms with van der Waals surface area (Å²) in [7, 11) is 0. The maximum Gasteiger partial charge on any atom is 0.305 e. The summed E-state index contributed by atoms with van der Waals surface area (Å²) in [6.45, 7) is 3.63. The number of carbonyl (C=O) groups is 3. The fourth-order valence-electron chi connectivity index (χ4n) is 5.23. The SMILES string of the molecule is Cc1ccc(N2C(=O)[C@H]3[C@H](c4ccccc4OCC(=O)Nc4cccc(C)c4)c4sc(=O)[nH]c4S[C@H]3C2=O)cc1. The number of ether oxygens (including phenoxy) is 1. The molecule has 8 nitrogen and oxygen atoms in total. The first-order valence-electron chi connectivity index (χ1n) is 12.7. The highest BCUT2D eigenvalue weighted by Gasteiger charge is 2.56. The molecular formula is C30H25N3O5S2. The normalized spacial score (nSPS) is 19.8. The van der Waals surface area contributed by atoms with Crippen LogP contribution in [0.5, 0.6) is 5.75 Å². The largest absolute Gasteiger partial charge is 0.483 e. The number of imide groups is 1. The lowest BCUT2D eigenvalue weighted by atomic mass is 9.82. The third-order valence-corrected chi connectivity index (χ3v) is 9.43. The van der Waals surface area contributed by atoms with Crippen LogP contribution in [0.4, 0.5) is 11.4 Å². The van der Waals surface area contributed by atoms with Gasteiger partial charge in [-0.1, -0.05) is 71.1 Å². The van der Waals surface area contributed by atoms with E-state index < -0.39 is 17.1 Å². The molecule has 2 N–H and O–H groups in total. The first kappa shape index (κ1) is 26.1. The minimum atomic E-state index is -0.747. The zero-order valence-corrected chi connectivity index (χ0v) is 23.3. The van der Waals surface area contributed by atoms with Gasteiger partial charge in [0.05, 0.1) is 16.6 Å². The molecular weight excluding hydrogens is 546 g/mol. The van der Waals surface area contributed by atoms with Gasteiger partial charge in [0.15, 0.2) is 6.61 Å². The van der Waals surface area contributed by atoms with E-state index in [1.165, 1.54) is 16.7 Å². The summed E-state index contributed by atoms with van der Waals surface area (Å²) in [5.41, 5.74) is 3.87. The van der Waals surface area contributed by atoms with Crippen molar-refractivity contribution in [3.8, 4) is 5.75 Å². The van der Waals surface area contributed by atoms with E-state index in [-0.39, 0.29) is 29.2 Å². The van der Waals surface area contributed by atoms with Gasteiger partial charge in [-0.15, -0.1) is 0 Å². The van der Waals surface area contributed by atoms with E-state index in [9.17, 15) is 19.2 Å². The number of nitrogens with one attached hydrogen (secondary N) is 2. The van der Waals surface area contributed by atoms with Crippen molar-refractivity contribution in [2.45, 2.75) is 30.0 Å². The minimum Gasteiger partial charge on any atom is -0.483 e. The van der Waals surface area contributed by atoms with Crippen LogP contribution >= 0.6 is 23.1 Å². The Hall–Kier alpha value is -4.15. The summed E-state index contributed by atoms with van der Waals surface area (Å²) in [5, 5.41) is 2.70. The van der Waals surface area contributed by atoms with Crippen LogP contribution in [0.25, 0.3) is 0 Å². The number of nitrogens with zero attached hydrogens (tertiary/aromatic N) is 1. The lowest BCUT2D eigenvalue weighted by Crippen LogP contribution is -2.32. The number of anilines is 2. The maximum absolute atomic E-state index is 13.9. The Morgan fingerprint density at radius 2 is 1.73 bits per heavy atom. The van der Waals surface area contributed by atoms with Crippen LogP contribution in [0.3, 0.4) is 0 Å². The number of amides is 3. The lowest BCUT2D eigenvalue weighted by Gasteiger charge is -2.30. The third kappa shape index (κ3) is 4.73. The fraction of sp³-hybridized carbons (Fsp3) is 0.200. The molecule has 3 heterocycles. The number of H-pyrrole nitrogens is 1. The number of rotatable bonds is 6. The number of thioether (sulfide) groups is 1. The molecule has 0 aliphatic carbocycles. The summed E-state index contributed by atoms with van der Waals surface area (Å²) >= 11 is 2.26. The number of aromatic nitrogens is 1. The zero-order valence-electron chi connectivity index (χ0n) is 21.7. The van der Waals surface area contributed by atoms with Crippen LogP contribution < -0.4 is 19.8 Å². The smallest absolute Gasteiger partial charge is 0.305 e. The van der Waals surface area contributed by atoms with Crippen molar-refractivity contribution in [1.82, 2.24) is 4.98 Å². The number of hydrogen-bond acceptors (Lipinski definition) is 7. The number of aromatic amines is 1. The predicted molar refractivity (Wildman–Crippen MR) is 155 cm³/mol. The van der Waals surface area contributed by atoms with Crippen LogP contribution in [-0.4, -0.2) is 34.6 Å². The molecule has 10 heteroatoms. The van der Waals surface area contributed by atoms with Crippen LogP contribution in [-0.2, 0) is 14.4 Å². The second-order valence-corrected chi connectivity index (χ2v) is 12.0. The molecule has 0 unspecified atom stereocenters. The summed E-state index contributed by atoms with van der Waals surface area (Å²) in [5.74, 6) is -1.91. The Labute approximate surface area is 238 Å². The molecule has 1 fully saturated rings. The van der Waals surface area contributed by atoms with Crippen LogP contribution in [0.15, 0.2) is 82.6 Å². The molecule has 2 aliphatic rings. The summed E-state index contributed by atoms with van der Waals surface area (Å²) in [6, 6.07) is 21.9. The quantitative estimate of drug-likeness (QED) is 0.320. The predicted octanol–water partition coefficient (Wildman–Crippen LogP) is 4.87. The number of benzene rings is 3. The molecule has 2 aliphatic heterocycles. The van der Waals surface area contributed by atoms with Gasteiger partial charge in [0.1, 0.15) is 11.0 Å². The van der Waals surface area contributed by atoms with Crippen molar-refractivity contribution in [3.63, 3.8) is 0 Å². The molecule has 202 valence electrons. The molecule has 4 aromatic rings. The van der Waals surface area contributed by atoms with Crippen molar-refractivity contribution in [3.05, 3.63) is 104 Å². The Morgan fingerprint density at radius 1 is 0.950 bits per heavy atom. The molecule has 0 bridgehead atoms. The average Bonchev–Trinajstić information content (AvgIpc) is 3.42. The van der Waals surface area contributed by atoms with Crippen molar-refractivity contribution >= 4 is 52.2 Å². The minimum absolute atomic E-state index is 0.251. The Bertz CT molecular complexity index is 1690. The third-order valence-electron chi connectivity index (χ3n) is 7.03. The van der Waals surface area contributed by atoms with Gasteiger partial charge in [-0.25, -0.2) is 4.90 Å². The van der Waals surface area contributed by atoms with Gasteiger partial charge in [-0.3, -0.25) is 19.2 Å². The highest BCUT2D eigenvalue weighted by atomic mass is 32.2. The molecule has 1 saturated heterocycles. The van der Waals surface area contributed by atoms with Crippen molar-refractivity contribution < 1.29 is 19.1 Å². The van der Waals surface area contributed by atoms with E-state index in [2.05, 4.69) is 10.3 Å². The first-order chi connectivity index (χ1) is 19.3. The highest BCUT2D eigenvalue weighted by molar-refractivity contribution is 8.00. The Morgan fingerprint density at radius 3 is 2.50 bits per heavy atom. The average molecular weight is 572 g/mol. The number of carbonyl (C=O) groups excluding carboxylic acids is 3. The number of thiazole rings is 1. The van der Waals surface area contributed by atoms with E-state index in [0.29, 0.717) is 32.6 Å². The maximum atomic E-state index is 13.9. The number of hydrogen-bond donors (Lipinski definition) is 2. The second-order valence-electron chi connectivity index (χ2n) is 9.84. The molecule has 3 atom stereocenters. The summed E-state index contributed by atoms with van der Waals surface area (Å²) in [4.78, 5) is 57.2. The topological polar surface area (TPSA) is 109 Å². The van der Waals surface area contributed by atoms with Crippen molar-refractivity contribution in [2.24, 2.45) is 5.92 Å². The number of fused-ring (bicyclic) bond motifs is 2. The monoisotopic (exact) mass is 571 g/mol. The van der Waals surface area contributed by atoms with E-state index in [4.69, 9.17) is 4.74 Å². The van der Waals surface area contributed by atoms with Gasteiger partial charge in [-0.2, -0.15) is 0 Å². The zero-order chi connectivity index (χ0) is 28.0. The summed E-state index contributed by atoms with van der Waals surface area (Å²) in [6.07, 6.45) is 0. The van der Waals surface area contributed by atoms with Gasteiger partial charge in [0.2, 0.25) is 11.8 Å². The van der Waals surface area contributed by atoms with Gasteiger partial charge in [0, 0.05) is 22.0 Å². The molecule has 1 aromatic heterocycles. The molecule has 40 heavy (non-hydrogen) atoms. The molecule has 0 spiro atoms. The first-order valence-corrected chi connectivity index (χ1v) is 14.4. The number of para-hydroxylation sites is 1. The van der Waals surface area contributed by atoms with E-state index in [1.807, 2.05) is 56.3 Å². The Balaban J connectivity index is 1.34. The van der Waals surface area contributed by atoms with Crippen LogP contribution in [0.1, 0.15) is 27.5 Å². The van der Waals surface area contributed by atoms with Gasteiger partial charge in [-0.05, 0) is 49.7 Å². The fourth-order valence-corrected chi connectivity index (χ4v) is 7.74. The van der Waals surface area contributed by atoms with Crippen LogP contribution in [0.2, 0.25) is 0 Å². The molecule has 0 radical (unpaired) electrons. The van der Waals surface area contributed by atoms with Gasteiger partial charge >= 0.3 is 4.87 Å². The summed E-state index contributed by atoms with van der Waals surface area (Å²) < 4.78 is 6.00. The second kappa shape index (κ2) is 10.4. The van der Waals surface area contributed by atoms with E-state index in [1.54, 1.807) is 30.3 Å². The number of aryl methyl sites for hydroxylation is 2. The molecule has 6 rings (SSSR count). The standard InChI is InChI=1S/C30H25N3O5S2/c1-16-10-12-19(13-11-16)33-28(35)24-23(25-27(32-30(37)40-25)39-26(24)29(33)36)20-8-3-4-9-21(20)38-15-22(34)31-18-7-5-6-17(2)14-18/h3-14,23-24,26H,15H2,1-2H3,(H,31,34)(H,32,37)/t23-,24-,26+/m0/s1. The lowest BCUT2D eigenvalue weighted by molar-refractivity contribution is -0.122. The van der Waals surface area contributed by atoms with Crippen LogP contribution in [0, 0.1) is 19.8 Å². The molecule has 3 aromatic carbocycles.